The van der Waals surface area contributed by atoms with E-state index in [1.807, 2.05) is 24.3 Å². The van der Waals surface area contributed by atoms with Crippen molar-refractivity contribution in [2.24, 2.45) is 0 Å². The average molecular weight is 467 g/mol. The number of esters is 2. The molecule has 1 fully saturated rings. The van der Waals surface area contributed by atoms with Gasteiger partial charge < -0.3 is 20.1 Å². The van der Waals surface area contributed by atoms with E-state index in [-0.39, 0.29) is 24.1 Å². The molecule has 0 radical (unpaired) electrons. The highest BCUT2D eigenvalue weighted by atomic mass is 16.6. The zero-order valence-corrected chi connectivity index (χ0v) is 20.5. The number of unbranched alkanes of at least 4 members (excludes halogenated alkanes) is 2. The molecule has 0 aliphatic heterocycles. The standard InChI is InChI=1S/C28H38N2O4/c1-3-5-19-29-23-11-7-21(8-12-23)27(31)33-25-15-17-26(18-16-25)34-28(32)22-9-13-24(14-10-22)30-20-6-4-2/h7-14,25-26,29-30H,3-6,15-20H2,1-2H3. The monoisotopic (exact) mass is 466 g/mol. The maximum atomic E-state index is 12.5. The quantitative estimate of drug-likeness (QED) is 0.277. The third-order valence-corrected chi connectivity index (χ3v) is 6.13. The summed E-state index contributed by atoms with van der Waals surface area (Å²) < 4.78 is 11.4. The predicted octanol–water partition coefficient (Wildman–Crippen LogP) is 6.44. The Balaban J connectivity index is 1.39. The maximum Gasteiger partial charge on any atom is 0.338 e. The van der Waals surface area contributed by atoms with Gasteiger partial charge in [0.1, 0.15) is 12.2 Å². The van der Waals surface area contributed by atoms with Crippen molar-refractivity contribution >= 4 is 23.3 Å². The van der Waals surface area contributed by atoms with Crippen LogP contribution >= 0.6 is 0 Å². The molecule has 0 spiro atoms. The van der Waals surface area contributed by atoms with Crippen molar-refractivity contribution in [2.75, 3.05) is 23.7 Å². The third kappa shape index (κ3) is 8.08. The summed E-state index contributed by atoms with van der Waals surface area (Å²) in [5, 5.41) is 6.68. The van der Waals surface area contributed by atoms with Crippen LogP contribution in [0.15, 0.2) is 48.5 Å². The molecule has 1 aliphatic rings. The lowest BCUT2D eigenvalue weighted by Gasteiger charge is -2.28. The minimum Gasteiger partial charge on any atom is -0.459 e. The van der Waals surface area contributed by atoms with Crippen molar-refractivity contribution in [3.8, 4) is 0 Å². The molecule has 184 valence electrons. The summed E-state index contributed by atoms with van der Waals surface area (Å²) in [6.45, 7) is 6.17. The molecule has 2 aromatic carbocycles. The summed E-state index contributed by atoms with van der Waals surface area (Å²) in [5.41, 5.74) is 3.13. The van der Waals surface area contributed by atoms with Gasteiger partial charge in [-0.25, -0.2) is 9.59 Å². The molecule has 2 aromatic rings. The fourth-order valence-corrected chi connectivity index (χ4v) is 3.97. The number of rotatable bonds is 12. The molecule has 2 N–H and O–H groups in total. The van der Waals surface area contributed by atoms with Crippen molar-refractivity contribution in [3.05, 3.63) is 59.7 Å². The Kier molecular flexibility index (Phi) is 10.3. The van der Waals surface area contributed by atoms with E-state index in [0.29, 0.717) is 36.8 Å². The SMILES string of the molecule is CCCCNc1ccc(C(=O)OC2CCC(OC(=O)c3ccc(NCCCC)cc3)CC2)cc1. The lowest BCUT2D eigenvalue weighted by Crippen LogP contribution is -2.29. The smallest absolute Gasteiger partial charge is 0.338 e. The van der Waals surface area contributed by atoms with Crippen LogP contribution in [0.4, 0.5) is 11.4 Å². The molecule has 6 nitrogen and oxygen atoms in total. The van der Waals surface area contributed by atoms with Crippen LogP contribution in [0.1, 0.15) is 85.9 Å². The molecule has 3 rings (SSSR count). The largest absolute Gasteiger partial charge is 0.459 e. The second kappa shape index (κ2) is 13.6. The van der Waals surface area contributed by atoms with E-state index in [1.54, 1.807) is 24.3 Å². The Hall–Kier alpha value is -3.02. The number of ether oxygens (including phenoxy) is 2. The van der Waals surface area contributed by atoms with Gasteiger partial charge >= 0.3 is 11.9 Å². The van der Waals surface area contributed by atoms with Crippen LogP contribution in [0, 0.1) is 0 Å². The van der Waals surface area contributed by atoms with Crippen LogP contribution in [0.2, 0.25) is 0 Å². The first-order chi connectivity index (χ1) is 16.6. The van der Waals surface area contributed by atoms with E-state index in [4.69, 9.17) is 9.47 Å². The van der Waals surface area contributed by atoms with Gasteiger partial charge in [0.05, 0.1) is 11.1 Å². The molecule has 0 heterocycles. The van der Waals surface area contributed by atoms with E-state index in [0.717, 1.165) is 50.1 Å². The Morgan fingerprint density at radius 1 is 0.676 bits per heavy atom. The Labute approximate surface area is 203 Å². The average Bonchev–Trinajstić information content (AvgIpc) is 2.86. The van der Waals surface area contributed by atoms with Crippen molar-refractivity contribution < 1.29 is 19.1 Å². The van der Waals surface area contributed by atoms with Gasteiger partial charge in [0.25, 0.3) is 0 Å². The minimum absolute atomic E-state index is 0.140. The van der Waals surface area contributed by atoms with Gasteiger partial charge in [-0.2, -0.15) is 0 Å². The molecule has 34 heavy (non-hydrogen) atoms. The van der Waals surface area contributed by atoms with Crippen molar-refractivity contribution in [1.82, 2.24) is 0 Å². The summed E-state index contributed by atoms with van der Waals surface area (Å²) in [4.78, 5) is 25.0. The molecule has 1 saturated carbocycles. The number of hydrogen-bond acceptors (Lipinski definition) is 6. The lowest BCUT2D eigenvalue weighted by molar-refractivity contribution is -0.0108. The van der Waals surface area contributed by atoms with E-state index >= 15 is 0 Å². The second-order valence-electron chi connectivity index (χ2n) is 8.92. The van der Waals surface area contributed by atoms with Gasteiger partial charge in [-0.15, -0.1) is 0 Å². The van der Waals surface area contributed by atoms with Crippen molar-refractivity contribution in [2.45, 2.75) is 77.4 Å². The molecule has 0 aromatic heterocycles. The fourth-order valence-electron chi connectivity index (χ4n) is 3.97. The molecule has 0 unspecified atom stereocenters. The first-order valence-electron chi connectivity index (χ1n) is 12.7. The van der Waals surface area contributed by atoms with Crippen LogP contribution in [0.5, 0.6) is 0 Å². The fraction of sp³-hybridized carbons (Fsp3) is 0.500. The van der Waals surface area contributed by atoms with E-state index in [1.165, 1.54) is 0 Å². The highest BCUT2D eigenvalue weighted by Crippen LogP contribution is 2.25. The van der Waals surface area contributed by atoms with Gasteiger partial charge in [-0.05, 0) is 87.1 Å². The number of anilines is 2. The normalized spacial score (nSPS) is 17.6. The van der Waals surface area contributed by atoms with Gasteiger partial charge in [0.2, 0.25) is 0 Å². The summed E-state index contributed by atoms with van der Waals surface area (Å²) in [7, 11) is 0. The van der Waals surface area contributed by atoms with Crippen molar-refractivity contribution in [1.29, 1.82) is 0 Å². The first-order valence-corrected chi connectivity index (χ1v) is 12.7. The van der Waals surface area contributed by atoms with E-state index in [2.05, 4.69) is 24.5 Å². The van der Waals surface area contributed by atoms with Crippen LogP contribution in [-0.4, -0.2) is 37.2 Å². The van der Waals surface area contributed by atoms with Crippen LogP contribution < -0.4 is 10.6 Å². The minimum atomic E-state index is -0.298. The summed E-state index contributed by atoms with van der Waals surface area (Å²) in [5.74, 6) is -0.596. The Morgan fingerprint density at radius 3 is 1.35 bits per heavy atom. The number of benzene rings is 2. The molecule has 0 bridgehead atoms. The molecule has 6 heteroatoms. The highest BCUT2D eigenvalue weighted by molar-refractivity contribution is 5.90. The molecule has 1 aliphatic carbocycles. The third-order valence-electron chi connectivity index (χ3n) is 6.13. The highest BCUT2D eigenvalue weighted by Gasteiger charge is 2.27. The molecular formula is C28H38N2O4. The summed E-state index contributed by atoms with van der Waals surface area (Å²) in [6.07, 6.45) is 7.01. The van der Waals surface area contributed by atoms with Gasteiger partial charge in [0, 0.05) is 24.5 Å². The van der Waals surface area contributed by atoms with Crippen LogP contribution in [-0.2, 0) is 9.47 Å². The number of hydrogen-bond donors (Lipinski definition) is 2. The first kappa shape index (κ1) is 25.6. The van der Waals surface area contributed by atoms with E-state index < -0.39 is 0 Å². The topological polar surface area (TPSA) is 76.7 Å². The van der Waals surface area contributed by atoms with Crippen LogP contribution in [0.3, 0.4) is 0 Å². The molecule has 0 amide bonds. The van der Waals surface area contributed by atoms with Crippen LogP contribution in [0.25, 0.3) is 0 Å². The number of carbonyl (C=O) groups excluding carboxylic acids is 2. The summed E-state index contributed by atoms with van der Waals surface area (Å²) >= 11 is 0. The second-order valence-corrected chi connectivity index (χ2v) is 8.92. The predicted molar refractivity (Wildman–Crippen MR) is 137 cm³/mol. The Bertz CT molecular complexity index is 812. The number of nitrogens with one attached hydrogen (secondary N) is 2. The number of carbonyl (C=O) groups is 2. The van der Waals surface area contributed by atoms with E-state index in [9.17, 15) is 9.59 Å². The maximum absolute atomic E-state index is 12.5. The van der Waals surface area contributed by atoms with Crippen molar-refractivity contribution in [3.63, 3.8) is 0 Å². The zero-order valence-electron chi connectivity index (χ0n) is 20.5. The molecule has 0 atom stereocenters. The van der Waals surface area contributed by atoms with Gasteiger partial charge in [-0.3, -0.25) is 0 Å². The summed E-state index contributed by atoms with van der Waals surface area (Å²) in [6, 6.07) is 14.9. The van der Waals surface area contributed by atoms with Gasteiger partial charge in [0.15, 0.2) is 0 Å². The molecule has 0 saturated heterocycles. The zero-order chi connectivity index (χ0) is 24.2. The Morgan fingerprint density at radius 2 is 1.03 bits per heavy atom. The lowest BCUT2D eigenvalue weighted by atomic mass is 9.95. The molecular weight excluding hydrogens is 428 g/mol. The van der Waals surface area contributed by atoms with Gasteiger partial charge in [-0.1, -0.05) is 26.7 Å².